The third-order valence-electron chi connectivity index (χ3n) is 6.95. The molecule has 0 spiro atoms. The Morgan fingerprint density at radius 2 is 1.52 bits per heavy atom. The standard InChI is InChI=1S/C20H23FN10O11P2/c21-9-13(41-43(34)35)8(40-19(9)30-5-28-10-15(22)24-3-26-17(10)30)2-38-44(36,37)42-14-12(33)7(1-32)39-20(14)31-6-29-11-16(23)25-4-27-18(11)31/h3-9,12-14,19-20,32-33H,1-2H2,(H5-,22,23,24,25,26,27,34,35,36,37)/p+1/t7-,8-,9?,12?,13?,14?,19-,20-/m1/s1. The van der Waals surface area contributed by atoms with Gasteiger partial charge in [0.15, 0.2) is 47.7 Å². The highest BCUT2D eigenvalue weighted by Crippen LogP contribution is 2.50. The summed E-state index contributed by atoms with van der Waals surface area (Å²) in [4.78, 5) is 43.8. The van der Waals surface area contributed by atoms with Crippen LogP contribution in [0.15, 0.2) is 25.3 Å². The molecule has 2 saturated heterocycles. The largest absolute Gasteiger partial charge is 0.695 e. The molecule has 2 aliphatic rings. The summed E-state index contributed by atoms with van der Waals surface area (Å²) < 4.78 is 69.0. The van der Waals surface area contributed by atoms with E-state index in [1.807, 2.05) is 0 Å². The van der Waals surface area contributed by atoms with Crippen molar-refractivity contribution in [3.05, 3.63) is 25.3 Å². The van der Waals surface area contributed by atoms with Crippen molar-refractivity contribution >= 4 is 50.0 Å². The zero-order chi connectivity index (χ0) is 31.3. The lowest BCUT2D eigenvalue weighted by molar-refractivity contribution is -0.0589. The molecular formula is C20H24FN10O11P2+. The Hall–Kier alpha value is -3.40. The van der Waals surface area contributed by atoms with Crippen LogP contribution in [-0.2, 0) is 32.2 Å². The molecule has 0 aromatic carbocycles. The first-order valence-corrected chi connectivity index (χ1v) is 15.2. The molecule has 0 aliphatic carbocycles. The topological polar surface area (TPSA) is 300 Å². The fraction of sp³-hybridized carbons (Fsp3) is 0.500. The van der Waals surface area contributed by atoms with Gasteiger partial charge in [0, 0.05) is 4.57 Å². The highest BCUT2D eigenvalue weighted by Gasteiger charge is 2.53. The van der Waals surface area contributed by atoms with Gasteiger partial charge in [-0.2, -0.15) is 0 Å². The summed E-state index contributed by atoms with van der Waals surface area (Å²) in [5.74, 6) is 0.0350. The molecule has 2 fully saturated rings. The lowest BCUT2D eigenvalue weighted by atomic mass is 10.1. The van der Waals surface area contributed by atoms with Crippen LogP contribution in [0.5, 0.6) is 0 Å². The normalized spacial score (nSPS) is 30.7. The second kappa shape index (κ2) is 11.8. The van der Waals surface area contributed by atoms with Crippen LogP contribution in [-0.4, -0.2) is 109 Å². The van der Waals surface area contributed by atoms with E-state index in [1.165, 1.54) is 10.9 Å². The molecule has 24 heteroatoms. The second-order valence-corrected chi connectivity index (χ2v) is 11.6. The number of aliphatic hydroxyl groups excluding tert-OH is 2. The van der Waals surface area contributed by atoms with Gasteiger partial charge < -0.3 is 36.0 Å². The SMILES string of the molecule is Nc1ncnc2c1ncn2[C@@H]1O[C@H](COP(=O)(O)OC2C(O)[C@@H](CO)O[C@H]2n2cnc3c(N)ncnc32)C(O[P+](=O)O)C1F. The number of aliphatic hydroxyl groups is 2. The summed E-state index contributed by atoms with van der Waals surface area (Å²) in [6.07, 6.45) is -8.22. The van der Waals surface area contributed by atoms with Crippen LogP contribution in [0, 0.1) is 0 Å². The molecule has 8 N–H and O–H groups in total. The number of hydrogen-bond donors (Lipinski definition) is 6. The Bertz CT molecular complexity index is 1750. The van der Waals surface area contributed by atoms with Crippen molar-refractivity contribution in [3.8, 4) is 0 Å². The van der Waals surface area contributed by atoms with Crippen molar-refractivity contribution < 1.29 is 56.6 Å². The van der Waals surface area contributed by atoms with E-state index in [4.69, 9.17) is 34.5 Å². The third kappa shape index (κ3) is 5.50. The number of nitrogens with zero attached hydrogens (tertiary/aromatic N) is 8. The van der Waals surface area contributed by atoms with Gasteiger partial charge in [-0.15, -0.1) is 9.42 Å². The van der Waals surface area contributed by atoms with Gasteiger partial charge in [-0.1, -0.05) is 0 Å². The van der Waals surface area contributed by atoms with Crippen LogP contribution in [0.1, 0.15) is 12.5 Å². The summed E-state index contributed by atoms with van der Waals surface area (Å²) in [5.41, 5.74) is 12.1. The van der Waals surface area contributed by atoms with E-state index in [9.17, 15) is 29.1 Å². The maximum atomic E-state index is 15.6. The fourth-order valence-electron chi connectivity index (χ4n) is 4.95. The van der Waals surface area contributed by atoms with E-state index in [1.54, 1.807) is 0 Å². The van der Waals surface area contributed by atoms with E-state index in [2.05, 4.69) is 29.9 Å². The van der Waals surface area contributed by atoms with Crippen molar-refractivity contribution in [2.45, 2.75) is 49.1 Å². The monoisotopic (exact) mass is 661 g/mol. The van der Waals surface area contributed by atoms with Crippen LogP contribution >= 0.6 is 16.1 Å². The predicted octanol–water partition coefficient (Wildman–Crippen LogP) is -1.15. The first-order valence-electron chi connectivity index (χ1n) is 12.6. The number of alkyl halides is 1. The smallest absolute Gasteiger partial charge is 0.394 e. The number of ether oxygens (including phenoxy) is 2. The Kier molecular flexibility index (Phi) is 8.24. The van der Waals surface area contributed by atoms with E-state index in [0.29, 0.717) is 0 Å². The maximum absolute atomic E-state index is 15.6. The molecule has 10 atom stereocenters. The third-order valence-corrected chi connectivity index (χ3v) is 8.36. The first kappa shape index (κ1) is 30.6. The van der Waals surface area contributed by atoms with Crippen molar-refractivity contribution in [3.63, 3.8) is 0 Å². The Morgan fingerprint density at radius 1 is 0.955 bits per heavy atom. The quantitative estimate of drug-likeness (QED) is 0.109. The fourth-order valence-corrected chi connectivity index (χ4v) is 6.35. The van der Waals surface area contributed by atoms with Crippen molar-refractivity contribution in [2.75, 3.05) is 24.7 Å². The van der Waals surface area contributed by atoms with Crippen LogP contribution < -0.4 is 11.5 Å². The number of aromatic nitrogens is 8. The van der Waals surface area contributed by atoms with Gasteiger partial charge in [0.05, 0.1) is 25.9 Å². The van der Waals surface area contributed by atoms with E-state index in [-0.39, 0.29) is 34.0 Å². The molecule has 44 heavy (non-hydrogen) atoms. The van der Waals surface area contributed by atoms with E-state index >= 15 is 4.39 Å². The van der Waals surface area contributed by atoms with E-state index in [0.717, 1.165) is 23.5 Å². The summed E-state index contributed by atoms with van der Waals surface area (Å²) in [5, 5.41) is 20.4. The second-order valence-electron chi connectivity index (χ2n) is 9.56. The Morgan fingerprint density at radius 3 is 2.09 bits per heavy atom. The molecule has 21 nitrogen and oxygen atoms in total. The number of nitrogens with two attached hydrogens (primary N) is 2. The highest BCUT2D eigenvalue weighted by molar-refractivity contribution is 7.47. The number of fused-ring (bicyclic) bond motifs is 2. The zero-order valence-electron chi connectivity index (χ0n) is 22.0. The van der Waals surface area contributed by atoms with Gasteiger partial charge in [0.25, 0.3) is 0 Å². The summed E-state index contributed by atoms with van der Waals surface area (Å²) in [6, 6.07) is 0. The van der Waals surface area contributed by atoms with Crippen molar-refractivity contribution in [1.82, 2.24) is 39.0 Å². The maximum Gasteiger partial charge on any atom is 0.695 e. The molecule has 6 heterocycles. The lowest BCUT2D eigenvalue weighted by Gasteiger charge is -2.24. The number of nitrogen functional groups attached to an aromatic ring is 2. The number of halogens is 1. The number of phosphoric acid groups is 1. The molecule has 0 radical (unpaired) electrons. The summed E-state index contributed by atoms with van der Waals surface area (Å²) in [6.45, 7) is -1.58. The minimum atomic E-state index is -5.15. The van der Waals surface area contributed by atoms with Gasteiger partial charge in [-0.3, -0.25) is 18.2 Å². The molecule has 6 rings (SSSR count). The molecule has 4 aromatic heterocycles. The number of rotatable bonds is 10. The Balaban J connectivity index is 1.21. The zero-order valence-corrected chi connectivity index (χ0v) is 23.8. The molecule has 2 aliphatic heterocycles. The Labute approximate surface area is 245 Å². The van der Waals surface area contributed by atoms with Gasteiger partial charge in [-0.05, 0) is 0 Å². The molecule has 0 saturated carbocycles. The van der Waals surface area contributed by atoms with Gasteiger partial charge >= 0.3 is 16.1 Å². The highest BCUT2D eigenvalue weighted by atomic mass is 31.2. The van der Waals surface area contributed by atoms with Crippen LogP contribution in [0.3, 0.4) is 0 Å². The van der Waals surface area contributed by atoms with Gasteiger partial charge in [0.2, 0.25) is 0 Å². The van der Waals surface area contributed by atoms with Gasteiger partial charge in [0.1, 0.15) is 48.1 Å². The number of imidazole rings is 2. The number of anilines is 2. The van der Waals surface area contributed by atoms with E-state index < -0.39 is 78.4 Å². The lowest BCUT2D eigenvalue weighted by Crippen LogP contribution is -2.36. The van der Waals surface area contributed by atoms with Crippen molar-refractivity contribution in [1.29, 1.82) is 0 Å². The molecule has 0 amide bonds. The number of phosphoric ester groups is 1. The van der Waals surface area contributed by atoms with Crippen LogP contribution in [0.4, 0.5) is 16.0 Å². The average Bonchev–Trinajstić information content (AvgIpc) is 3.74. The van der Waals surface area contributed by atoms with Gasteiger partial charge in [-0.25, -0.2) is 38.9 Å². The minimum Gasteiger partial charge on any atom is -0.394 e. The summed E-state index contributed by atoms with van der Waals surface area (Å²) >= 11 is 0. The number of hydrogen-bond acceptors (Lipinski definition) is 17. The molecule has 236 valence electrons. The van der Waals surface area contributed by atoms with Crippen LogP contribution in [0.2, 0.25) is 0 Å². The van der Waals surface area contributed by atoms with Crippen molar-refractivity contribution in [2.24, 2.45) is 0 Å². The molecular weight excluding hydrogens is 637 g/mol. The molecule has 6 unspecified atom stereocenters. The summed E-state index contributed by atoms with van der Waals surface area (Å²) in [7, 11) is -8.49. The average molecular weight is 661 g/mol. The minimum absolute atomic E-state index is 0.00562. The van der Waals surface area contributed by atoms with Crippen LogP contribution in [0.25, 0.3) is 22.3 Å². The first-order chi connectivity index (χ1) is 21.0. The molecule has 4 aromatic rings. The predicted molar refractivity (Wildman–Crippen MR) is 141 cm³/mol. The molecule has 0 bridgehead atoms.